The third-order valence-corrected chi connectivity index (χ3v) is 13.2. The molecule has 0 unspecified atom stereocenters. The van der Waals surface area contributed by atoms with Gasteiger partial charge in [0.15, 0.2) is 0 Å². The molecule has 1 N–H and O–H groups in total. The number of nitrogens with one attached hydrogen (secondary N) is 1. The highest BCUT2D eigenvalue weighted by Crippen LogP contribution is 2.65. The zero-order valence-corrected chi connectivity index (χ0v) is 23.6. The highest BCUT2D eigenvalue weighted by atomic mass is 32.2. The molecule has 6 rings (SSSR count). The Morgan fingerprint density at radius 1 is 0.971 bits per heavy atom. The molecule has 11 atom stereocenters. The summed E-state index contributed by atoms with van der Waals surface area (Å²) in [4.78, 5) is 0. The predicted molar refractivity (Wildman–Crippen MR) is 141 cm³/mol. The summed E-state index contributed by atoms with van der Waals surface area (Å²) in [5, 5.41) is 0. The highest BCUT2D eigenvalue weighted by molar-refractivity contribution is 7.88. The number of sulfonamides is 1. The molecule has 4 nitrogen and oxygen atoms in total. The van der Waals surface area contributed by atoms with Gasteiger partial charge in [-0.25, -0.2) is 13.1 Å². The number of rotatable bonds is 2. The van der Waals surface area contributed by atoms with Crippen molar-refractivity contribution in [2.75, 3.05) is 6.26 Å². The van der Waals surface area contributed by atoms with E-state index in [4.69, 9.17) is 4.74 Å². The summed E-state index contributed by atoms with van der Waals surface area (Å²) in [5.74, 6) is 5.33. The fraction of sp³-hybridized carbons (Fsp3) is 0.933. The van der Waals surface area contributed by atoms with E-state index < -0.39 is 10.0 Å². The molecule has 0 aromatic heterocycles. The van der Waals surface area contributed by atoms with Crippen molar-refractivity contribution in [2.24, 2.45) is 46.8 Å². The van der Waals surface area contributed by atoms with Crippen molar-refractivity contribution >= 4 is 10.0 Å². The van der Waals surface area contributed by atoms with Gasteiger partial charge in [-0.15, -0.1) is 0 Å². The van der Waals surface area contributed by atoms with Crippen LogP contribution in [0.2, 0.25) is 0 Å². The molecule has 5 fully saturated rings. The first kappa shape index (κ1) is 24.9. The summed E-state index contributed by atoms with van der Waals surface area (Å²) in [5.41, 5.74) is 3.95. The molecular weight excluding hydrogens is 454 g/mol. The van der Waals surface area contributed by atoms with Gasteiger partial charge in [0, 0.05) is 6.04 Å². The van der Waals surface area contributed by atoms with E-state index in [-0.39, 0.29) is 11.6 Å². The summed E-state index contributed by atoms with van der Waals surface area (Å²) in [7, 11) is -3.12. The Kier molecular flexibility index (Phi) is 6.10. The summed E-state index contributed by atoms with van der Waals surface area (Å²) in [6.45, 7) is 9.97. The standard InChI is InChI=1S/C30H49NO3S/c1-18-6-8-23-20(3)30(34-28(23)14-18)13-11-24-25-9-7-21-15-22(31-35(5,32)33)10-12-29(21,4)27(25)16-26(24)19(2)17-30/h18,20-25,27-28,31H,6-17H2,1-5H3/t18-,20-,21-,22-,23+,24+,25+,27+,28-,29+,30+/m1/s1. The number of allylic oxidation sites excluding steroid dienone is 1. The lowest BCUT2D eigenvalue weighted by atomic mass is 9.52. The van der Waals surface area contributed by atoms with Crippen molar-refractivity contribution in [2.45, 2.75) is 122 Å². The van der Waals surface area contributed by atoms with Gasteiger partial charge in [0.2, 0.25) is 10.0 Å². The Bertz CT molecular complexity index is 990. The first-order chi connectivity index (χ1) is 16.5. The second-order valence-electron chi connectivity index (χ2n) is 14.3. The second-order valence-corrected chi connectivity index (χ2v) is 16.1. The summed E-state index contributed by atoms with van der Waals surface area (Å²) in [6, 6.07) is 0.138. The van der Waals surface area contributed by atoms with Crippen LogP contribution < -0.4 is 4.72 Å². The SMILES string of the molecule is CC1=C2C[C@H]3[C@@H](CC[C@@H]4C[C@H](NS(C)(=O)=O)CC[C@@]43C)[C@@H]2CC[C@@]2(C1)O[C@@H]1C[C@H](C)CC[C@H]1[C@H]2C. The highest BCUT2D eigenvalue weighted by Gasteiger charge is 2.59. The lowest BCUT2D eigenvalue weighted by Gasteiger charge is -2.54. The lowest BCUT2D eigenvalue weighted by molar-refractivity contribution is -0.0762. The van der Waals surface area contributed by atoms with Gasteiger partial charge >= 0.3 is 0 Å². The third-order valence-electron chi connectivity index (χ3n) is 12.5. The maximum atomic E-state index is 11.9. The van der Waals surface area contributed by atoms with Gasteiger partial charge in [-0.05, 0) is 124 Å². The van der Waals surface area contributed by atoms with Crippen LogP contribution in [0.25, 0.3) is 0 Å². The van der Waals surface area contributed by atoms with Gasteiger partial charge < -0.3 is 4.74 Å². The molecule has 0 aromatic rings. The summed E-state index contributed by atoms with van der Waals surface area (Å²) >= 11 is 0. The van der Waals surface area contributed by atoms with Crippen LogP contribution in [0.4, 0.5) is 0 Å². The summed E-state index contributed by atoms with van der Waals surface area (Å²) in [6.07, 6.45) is 16.7. The van der Waals surface area contributed by atoms with Gasteiger partial charge in [-0.2, -0.15) is 0 Å². The fourth-order valence-electron chi connectivity index (χ4n) is 10.6. The number of hydrogen-bond donors (Lipinski definition) is 1. The maximum Gasteiger partial charge on any atom is 0.208 e. The van der Waals surface area contributed by atoms with E-state index in [0.29, 0.717) is 23.4 Å². The van der Waals surface area contributed by atoms with E-state index in [2.05, 4.69) is 32.4 Å². The first-order valence-corrected chi connectivity index (χ1v) is 16.7. The molecule has 6 aliphatic rings. The molecule has 0 bridgehead atoms. The molecule has 0 amide bonds. The molecule has 1 aliphatic heterocycles. The predicted octanol–water partition coefficient (Wildman–Crippen LogP) is 6.47. The average Bonchev–Trinajstić information content (AvgIpc) is 3.23. The Labute approximate surface area is 214 Å². The van der Waals surface area contributed by atoms with Crippen LogP contribution in [-0.2, 0) is 14.8 Å². The van der Waals surface area contributed by atoms with Crippen molar-refractivity contribution in [1.82, 2.24) is 4.72 Å². The topological polar surface area (TPSA) is 55.4 Å². The Hall–Kier alpha value is -0.390. The molecule has 0 aromatic carbocycles. The third kappa shape index (κ3) is 4.09. The van der Waals surface area contributed by atoms with E-state index in [9.17, 15) is 8.42 Å². The average molecular weight is 504 g/mol. The number of ether oxygens (including phenoxy) is 1. The van der Waals surface area contributed by atoms with Crippen LogP contribution >= 0.6 is 0 Å². The van der Waals surface area contributed by atoms with Gasteiger partial charge in [0.25, 0.3) is 0 Å². The Balaban J connectivity index is 1.22. The van der Waals surface area contributed by atoms with Crippen molar-refractivity contribution in [3.63, 3.8) is 0 Å². The minimum atomic E-state index is -3.12. The first-order valence-electron chi connectivity index (χ1n) is 14.8. The van der Waals surface area contributed by atoms with Crippen LogP contribution in [0.5, 0.6) is 0 Å². The molecule has 1 saturated heterocycles. The minimum Gasteiger partial charge on any atom is -0.371 e. The largest absolute Gasteiger partial charge is 0.371 e. The normalized spacial score (nSPS) is 52.0. The van der Waals surface area contributed by atoms with Gasteiger partial charge in [-0.1, -0.05) is 38.3 Å². The molecule has 5 aliphatic carbocycles. The maximum absolute atomic E-state index is 11.9. The smallest absolute Gasteiger partial charge is 0.208 e. The van der Waals surface area contributed by atoms with Crippen LogP contribution in [0.3, 0.4) is 0 Å². The zero-order valence-electron chi connectivity index (χ0n) is 22.8. The molecular formula is C30H49NO3S. The molecule has 1 spiro atoms. The minimum absolute atomic E-state index is 0.0901. The molecule has 198 valence electrons. The van der Waals surface area contributed by atoms with Gasteiger partial charge in [0.05, 0.1) is 18.0 Å². The second kappa shape index (κ2) is 8.56. The number of fused-ring (bicyclic) bond motifs is 6. The van der Waals surface area contributed by atoms with E-state index >= 15 is 0 Å². The molecule has 5 heteroatoms. The van der Waals surface area contributed by atoms with E-state index in [1.165, 1.54) is 70.5 Å². The fourth-order valence-corrected chi connectivity index (χ4v) is 11.5. The van der Waals surface area contributed by atoms with Crippen molar-refractivity contribution in [3.05, 3.63) is 11.1 Å². The van der Waals surface area contributed by atoms with Gasteiger partial charge in [0.1, 0.15) is 0 Å². The number of hydrogen-bond acceptors (Lipinski definition) is 3. The van der Waals surface area contributed by atoms with Crippen LogP contribution in [0, 0.1) is 46.8 Å². The monoisotopic (exact) mass is 503 g/mol. The Morgan fingerprint density at radius 2 is 1.74 bits per heavy atom. The molecule has 1 heterocycles. The van der Waals surface area contributed by atoms with Crippen LogP contribution in [0.1, 0.15) is 105 Å². The quantitative estimate of drug-likeness (QED) is 0.440. The van der Waals surface area contributed by atoms with Gasteiger partial charge in [-0.3, -0.25) is 0 Å². The van der Waals surface area contributed by atoms with E-state index in [1.807, 2.05) is 5.57 Å². The van der Waals surface area contributed by atoms with E-state index in [1.54, 1.807) is 5.57 Å². The van der Waals surface area contributed by atoms with Crippen LogP contribution in [-0.4, -0.2) is 32.4 Å². The molecule has 35 heavy (non-hydrogen) atoms. The summed E-state index contributed by atoms with van der Waals surface area (Å²) < 4.78 is 33.8. The molecule has 4 saturated carbocycles. The molecule has 0 radical (unpaired) electrons. The Morgan fingerprint density at radius 3 is 2.51 bits per heavy atom. The van der Waals surface area contributed by atoms with Crippen LogP contribution in [0.15, 0.2) is 11.1 Å². The van der Waals surface area contributed by atoms with Crippen molar-refractivity contribution in [1.29, 1.82) is 0 Å². The zero-order chi connectivity index (χ0) is 24.8. The van der Waals surface area contributed by atoms with Crippen molar-refractivity contribution in [3.8, 4) is 0 Å². The van der Waals surface area contributed by atoms with Crippen molar-refractivity contribution < 1.29 is 13.2 Å². The van der Waals surface area contributed by atoms with E-state index in [0.717, 1.165) is 42.4 Å². The lowest BCUT2D eigenvalue weighted by Crippen LogP contribution is -2.50.